The second-order valence-electron chi connectivity index (χ2n) is 6.81. The van der Waals surface area contributed by atoms with Gasteiger partial charge in [0.05, 0.1) is 0 Å². The molecule has 2 N–H and O–H groups in total. The fraction of sp³-hybridized carbons (Fsp3) is 0.421. The van der Waals surface area contributed by atoms with Gasteiger partial charge in [-0.25, -0.2) is 13.1 Å². The van der Waals surface area contributed by atoms with Gasteiger partial charge in [0.1, 0.15) is 10.6 Å². The van der Waals surface area contributed by atoms with Crippen LogP contribution in [0.15, 0.2) is 47.5 Å². The predicted molar refractivity (Wildman–Crippen MR) is 101 cm³/mol. The number of hydrogen-bond donors (Lipinski definition) is 2. The first kappa shape index (κ1) is 18.7. The lowest BCUT2D eigenvalue weighted by molar-refractivity contribution is 0.0917. The van der Waals surface area contributed by atoms with E-state index in [2.05, 4.69) is 34.3 Å². The number of benzene rings is 1. The maximum atomic E-state index is 12.6. The van der Waals surface area contributed by atoms with Gasteiger partial charge in [0.25, 0.3) is 5.91 Å². The SMILES string of the molecule is CNS(=O)(=O)c1cc(C(=O)NC2CCC(c3ccccc3)CC2)n(C)c1. The zero-order chi connectivity index (χ0) is 18.7. The van der Waals surface area contributed by atoms with Crippen LogP contribution in [0.25, 0.3) is 0 Å². The topological polar surface area (TPSA) is 80.2 Å². The molecule has 0 bridgehead atoms. The highest BCUT2D eigenvalue weighted by molar-refractivity contribution is 7.89. The number of aromatic nitrogens is 1. The molecule has 1 aromatic heterocycles. The largest absolute Gasteiger partial charge is 0.348 e. The molecule has 1 amide bonds. The van der Waals surface area contributed by atoms with E-state index in [0.29, 0.717) is 11.6 Å². The lowest BCUT2D eigenvalue weighted by Crippen LogP contribution is -2.38. The summed E-state index contributed by atoms with van der Waals surface area (Å²) in [7, 11) is -0.524. The van der Waals surface area contributed by atoms with E-state index >= 15 is 0 Å². The van der Waals surface area contributed by atoms with Gasteiger partial charge in [-0.1, -0.05) is 30.3 Å². The Morgan fingerprint density at radius 3 is 2.38 bits per heavy atom. The van der Waals surface area contributed by atoms with Crippen molar-refractivity contribution < 1.29 is 13.2 Å². The Balaban J connectivity index is 1.61. The molecule has 6 nitrogen and oxygen atoms in total. The Morgan fingerprint density at radius 2 is 1.77 bits per heavy atom. The van der Waals surface area contributed by atoms with Crippen molar-refractivity contribution in [1.82, 2.24) is 14.6 Å². The van der Waals surface area contributed by atoms with Crippen LogP contribution in [0.3, 0.4) is 0 Å². The van der Waals surface area contributed by atoms with Crippen LogP contribution < -0.4 is 10.0 Å². The molecule has 1 heterocycles. The van der Waals surface area contributed by atoms with Crippen LogP contribution in [0.1, 0.15) is 47.7 Å². The summed E-state index contributed by atoms with van der Waals surface area (Å²) in [4.78, 5) is 12.7. The summed E-state index contributed by atoms with van der Waals surface area (Å²) in [5.74, 6) is 0.319. The van der Waals surface area contributed by atoms with Gasteiger partial charge >= 0.3 is 0 Å². The van der Waals surface area contributed by atoms with E-state index in [1.54, 1.807) is 11.6 Å². The summed E-state index contributed by atoms with van der Waals surface area (Å²) in [6, 6.07) is 12.0. The van der Waals surface area contributed by atoms with E-state index in [4.69, 9.17) is 0 Å². The van der Waals surface area contributed by atoms with Gasteiger partial charge in [-0.15, -0.1) is 0 Å². The lowest BCUT2D eigenvalue weighted by atomic mass is 9.82. The number of carbonyl (C=O) groups excluding carboxylic acids is 1. The number of carbonyl (C=O) groups is 1. The Labute approximate surface area is 154 Å². The predicted octanol–water partition coefficient (Wildman–Crippen LogP) is 2.39. The van der Waals surface area contributed by atoms with Crippen molar-refractivity contribution in [2.24, 2.45) is 7.05 Å². The number of hydrogen-bond acceptors (Lipinski definition) is 3. The maximum Gasteiger partial charge on any atom is 0.268 e. The van der Waals surface area contributed by atoms with Crippen molar-refractivity contribution in [2.45, 2.75) is 42.5 Å². The zero-order valence-corrected chi connectivity index (χ0v) is 15.9. The summed E-state index contributed by atoms with van der Waals surface area (Å²) in [6.07, 6.45) is 5.39. The van der Waals surface area contributed by atoms with Gasteiger partial charge < -0.3 is 9.88 Å². The molecule has 3 rings (SSSR count). The first-order chi connectivity index (χ1) is 12.4. The fourth-order valence-electron chi connectivity index (χ4n) is 3.58. The smallest absolute Gasteiger partial charge is 0.268 e. The number of sulfonamides is 1. The minimum Gasteiger partial charge on any atom is -0.348 e. The maximum absolute atomic E-state index is 12.6. The molecular weight excluding hydrogens is 350 g/mol. The van der Waals surface area contributed by atoms with Crippen LogP contribution in [-0.2, 0) is 17.1 Å². The molecule has 7 heteroatoms. The first-order valence-electron chi connectivity index (χ1n) is 8.86. The third kappa shape index (κ3) is 3.99. The van der Waals surface area contributed by atoms with E-state index in [0.717, 1.165) is 25.7 Å². The molecule has 1 saturated carbocycles. The number of nitrogens with one attached hydrogen (secondary N) is 2. The quantitative estimate of drug-likeness (QED) is 0.842. The second-order valence-corrected chi connectivity index (χ2v) is 8.70. The lowest BCUT2D eigenvalue weighted by Gasteiger charge is -2.29. The van der Waals surface area contributed by atoms with Gasteiger partial charge in [0.2, 0.25) is 10.0 Å². The van der Waals surface area contributed by atoms with Crippen LogP contribution in [0.4, 0.5) is 0 Å². The summed E-state index contributed by atoms with van der Waals surface area (Å²) in [5.41, 5.74) is 1.71. The molecule has 1 fully saturated rings. The number of amides is 1. The summed E-state index contributed by atoms with van der Waals surface area (Å²) >= 11 is 0. The second kappa shape index (κ2) is 7.63. The molecule has 1 aliphatic carbocycles. The Kier molecular flexibility index (Phi) is 5.48. The Bertz CT molecular complexity index is 867. The molecule has 2 aromatic rings. The molecule has 0 radical (unpaired) electrons. The van der Waals surface area contributed by atoms with E-state index < -0.39 is 10.0 Å². The van der Waals surface area contributed by atoms with Gasteiger partial charge in [0, 0.05) is 19.3 Å². The van der Waals surface area contributed by atoms with Crippen LogP contribution in [0, 0.1) is 0 Å². The third-order valence-electron chi connectivity index (χ3n) is 5.12. The first-order valence-corrected chi connectivity index (χ1v) is 10.3. The average molecular weight is 375 g/mol. The molecule has 26 heavy (non-hydrogen) atoms. The van der Waals surface area contributed by atoms with Crippen molar-refractivity contribution in [1.29, 1.82) is 0 Å². The summed E-state index contributed by atoms with van der Waals surface area (Å²) in [5, 5.41) is 3.06. The Morgan fingerprint density at radius 1 is 1.12 bits per heavy atom. The molecule has 1 aromatic carbocycles. The van der Waals surface area contributed by atoms with Gasteiger partial charge in [-0.3, -0.25) is 4.79 Å². The molecule has 1 aliphatic rings. The van der Waals surface area contributed by atoms with Crippen molar-refractivity contribution in [2.75, 3.05) is 7.05 Å². The highest BCUT2D eigenvalue weighted by atomic mass is 32.2. The third-order valence-corrected chi connectivity index (χ3v) is 6.51. The molecular formula is C19H25N3O3S. The van der Waals surface area contributed by atoms with E-state index in [-0.39, 0.29) is 16.8 Å². The molecule has 0 spiro atoms. The minimum absolute atomic E-state index is 0.0976. The monoisotopic (exact) mass is 375 g/mol. The van der Waals surface area contributed by atoms with Crippen LogP contribution in [0.5, 0.6) is 0 Å². The molecule has 140 valence electrons. The van der Waals surface area contributed by atoms with E-state index in [9.17, 15) is 13.2 Å². The van der Waals surface area contributed by atoms with Crippen LogP contribution in [-0.4, -0.2) is 32.0 Å². The van der Waals surface area contributed by atoms with Crippen LogP contribution in [0.2, 0.25) is 0 Å². The van der Waals surface area contributed by atoms with Gasteiger partial charge in [-0.05, 0) is 50.3 Å². The highest BCUT2D eigenvalue weighted by Crippen LogP contribution is 2.32. The molecule has 0 saturated heterocycles. The van der Waals surface area contributed by atoms with Crippen molar-refractivity contribution in [3.63, 3.8) is 0 Å². The highest BCUT2D eigenvalue weighted by Gasteiger charge is 2.25. The van der Waals surface area contributed by atoms with Gasteiger partial charge in [-0.2, -0.15) is 0 Å². The zero-order valence-electron chi connectivity index (χ0n) is 15.1. The number of nitrogens with zero attached hydrogens (tertiary/aromatic N) is 1. The van der Waals surface area contributed by atoms with Crippen molar-refractivity contribution in [3.05, 3.63) is 53.9 Å². The average Bonchev–Trinajstić information content (AvgIpc) is 3.06. The van der Waals surface area contributed by atoms with Crippen molar-refractivity contribution in [3.8, 4) is 0 Å². The van der Waals surface area contributed by atoms with E-state index in [1.165, 1.54) is 24.9 Å². The minimum atomic E-state index is -3.56. The normalized spacial score (nSPS) is 20.7. The summed E-state index contributed by atoms with van der Waals surface area (Å²) < 4.78 is 27.6. The van der Waals surface area contributed by atoms with Crippen molar-refractivity contribution >= 4 is 15.9 Å². The number of aryl methyl sites for hydroxylation is 1. The molecule has 0 unspecified atom stereocenters. The molecule has 0 aliphatic heterocycles. The van der Waals surface area contributed by atoms with E-state index in [1.807, 2.05) is 6.07 Å². The number of rotatable bonds is 5. The summed E-state index contributed by atoms with van der Waals surface area (Å²) in [6.45, 7) is 0. The molecule has 0 atom stereocenters. The Hall–Kier alpha value is -2.12. The van der Waals surface area contributed by atoms with Gasteiger partial charge in [0.15, 0.2) is 0 Å². The standard InChI is InChI=1S/C19H25N3O3S/c1-20-26(24,25)17-12-18(22(2)13-17)19(23)21-16-10-8-15(9-11-16)14-6-4-3-5-7-14/h3-7,12-13,15-16,20H,8-11H2,1-2H3,(H,21,23). The van der Waals surface area contributed by atoms with Crippen LogP contribution >= 0.6 is 0 Å². The fourth-order valence-corrected chi connectivity index (χ4v) is 4.38.